The lowest BCUT2D eigenvalue weighted by atomic mass is 10.00. The van der Waals surface area contributed by atoms with Gasteiger partial charge in [-0.1, -0.05) is 36.4 Å². The molecule has 2 aromatic rings. The average molecular weight is 309 g/mol. The number of hydrogen-bond acceptors (Lipinski definition) is 2. The van der Waals surface area contributed by atoms with Crippen LogP contribution in [0, 0.1) is 13.8 Å². The number of benzene rings is 2. The van der Waals surface area contributed by atoms with E-state index >= 15 is 0 Å². The highest BCUT2D eigenvalue weighted by Gasteiger charge is 2.13. The van der Waals surface area contributed by atoms with Gasteiger partial charge in [-0.05, 0) is 56.2 Å². The molecule has 23 heavy (non-hydrogen) atoms. The standard InChI is InChI=1S/C20H23NO2/c1-5-12-23-18-10-8-17(9-11-18)20(22)21-16(4)19-13-14(2)6-7-15(19)3/h5-11,13,16H,1,12H2,2-4H3,(H,21,22)/t16-/m0/s1. The van der Waals surface area contributed by atoms with Crippen molar-refractivity contribution in [2.75, 3.05) is 6.61 Å². The molecule has 2 rings (SSSR count). The first-order valence-corrected chi connectivity index (χ1v) is 7.73. The number of nitrogens with one attached hydrogen (secondary N) is 1. The maximum absolute atomic E-state index is 12.4. The van der Waals surface area contributed by atoms with E-state index in [9.17, 15) is 4.79 Å². The molecule has 0 unspecified atom stereocenters. The molecule has 0 fully saturated rings. The Bertz CT molecular complexity index is 689. The summed E-state index contributed by atoms with van der Waals surface area (Å²) >= 11 is 0. The number of carbonyl (C=O) groups excluding carboxylic acids is 1. The Morgan fingerprint density at radius 2 is 1.91 bits per heavy atom. The summed E-state index contributed by atoms with van der Waals surface area (Å²) in [5, 5.41) is 3.05. The van der Waals surface area contributed by atoms with E-state index in [2.05, 4.69) is 43.9 Å². The predicted octanol–water partition coefficient (Wildman–Crippen LogP) is 4.36. The third-order valence-electron chi connectivity index (χ3n) is 3.73. The van der Waals surface area contributed by atoms with Crippen LogP contribution in [0.4, 0.5) is 0 Å². The Morgan fingerprint density at radius 1 is 1.22 bits per heavy atom. The summed E-state index contributed by atoms with van der Waals surface area (Å²) in [6.07, 6.45) is 1.69. The summed E-state index contributed by atoms with van der Waals surface area (Å²) in [6, 6.07) is 13.4. The van der Waals surface area contributed by atoms with Crippen LogP contribution in [-0.4, -0.2) is 12.5 Å². The van der Waals surface area contributed by atoms with Crippen molar-refractivity contribution < 1.29 is 9.53 Å². The molecule has 1 N–H and O–H groups in total. The van der Waals surface area contributed by atoms with Crippen LogP contribution in [0.2, 0.25) is 0 Å². The van der Waals surface area contributed by atoms with Crippen LogP contribution in [0.25, 0.3) is 0 Å². The predicted molar refractivity (Wildman–Crippen MR) is 93.9 cm³/mol. The molecular weight excluding hydrogens is 286 g/mol. The molecule has 0 saturated carbocycles. The van der Waals surface area contributed by atoms with Crippen LogP contribution in [-0.2, 0) is 0 Å². The van der Waals surface area contributed by atoms with E-state index in [4.69, 9.17) is 4.74 Å². The second-order valence-electron chi connectivity index (χ2n) is 5.68. The molecule has 2 aromatic carbocycles. The smallest absolute Gasteiger partial charge is 0.251 e. The van der Waals surface area contributed by atoms with E-state index < -0.39 is 0 Å². The third kappa shape index (κ3) is 4.46. The number of hydrogen-bond donors (Lipinski definition) is 1. The highest BCUT2D eigenvalue weighted by molar-refractivity contribution is 5.94. The van der Waals surface area contributed by atoms with E-state index in [-0.39, 0.29) is 11.9 Å². The van der Waals surface area contributed by atoms with Crippen LogP contribution in [0.15, 0.2) is 55.1 Å². The van der Waals surface area contributed by atoms with Crippen molar-refractivity contribution in [1.29, 1.82) is 0 Å². The SMILES string of the molecule is C=CCOc1ccc(C(=O)N[C@@H](C)c2cc(C)ccc2C)cc1. The second-order valence-corrected chi connectivity index (χ2v) is 5.68. The second kappa shape index (κ2) is 7.63. The number of rotatable bonds is 6. The lowest BCUT2D eigenvalue weighted by Crippen LogP contribution is -2.27. The van der Waals surface area contributed by atoms with Gasteiger partial charge in [0.1, 0.15) is 12.4 Å². The number of aryl methyl sites for hydroxylation is 2. The van der Waals surface area contributed by atoms with Gasteiger partial charge < -0.3 is 10.1 Å². The molecular formula is C20H23NO2. The van der Waals surface area contributed by atoms with Crippen molar-refractivity contribution in [1.82, 2.24) is 5.32 Å². The quantitative estimate of drug-likeness (QED) is 0.805. The molecule has 0 bridgehead atoms. The normalized spacial score (nSPS) is 11.6. The summed E-state index contributed by atoms with van der Waals surface area (Å²) in [6.45, 7) is 10.2. The van der Waals surface area contributed by atoms with Crippen LogP contribution < -0.4 is 10.1 Å². The molecule has 0 radical (unpaired) electrons. The van der Waals surface area contributed by atoms with Gasteiger partial charge in [0.15, 0.2) is 0 Å². The number of amides is 1. The van der Waals surface area contributed by atoms with Crippen molar-refractivity contribution in [2.24, 2.45) is 0 Å². The van der Waals surface area contributed by atoms with E-state index in [1.807, 2.05) is 6.92 Å². The van der Waals surface area contributed by atoms with Crippen LogP contribution in [0.3, 0.4) is 0 Å². The summed E-state index contributed by atoms with van der Waals surface area (Å²) in [7, 11) is 0. The summed E-state index contributed by atoms with van der Waals surface area (Å²) in [5.74, 6) is 0.637. The van der Waals surface area contributed by atoms with Crippen molar-refractivity contribution in [3.63, 3.8) is 0 Å². The van der Waals surface area contributed by atoms with E-state index in [0.717, 1.165) is 11.3 Å². The molecule has 0 spiro atoms. The zero-order valence-electron chi connectivity index (χ0n) is 13.9. The van der Waals surface area contributed by atoms with Crippen molar-refractivity contribution in [3.05, 3.63) is 77.4 Å². The van der Waals surface area contributed by atoms with Crippen LogP contribution >= 0.6 is 0 Å². The molecule has 0 aromatic heterocycles. The molecule has 0 aliphatic heterocycles. The summed E-state index contributed by atoms with van der Waals surface area (Å²) < 4.78 is 5.42. The van der Waals surface area contributed by atoms with Gasteiger partial charge in [-0.15, -0.1) is 0 Å². The molecule has 3 heteroatoms. The molecule has 0 saturated heterocycles. The first-order valence-electron chi connectivity index (χ1n) is 7.73. The zero-order chi connectivity index (χ0) is 16.8. The minimum atomic E-state index is -0.0892. The van der Waals surface area contributed by atoms with Crippen LogP contribution in [0.5, 0.6) is 5.75 Å². The molecule has 3 nitrogen and oxygen atoms in total. The minimum absolute atomic E-state index is 0.0425. The molecule has 0 heterocycles. The minimum Gasteiger partial charge on any atom is -0.490 e. The monoisotopic (exact) mass is 309 g/mol. The van der Waals surface area contributed by atoms with Gasteiger partial charge in [-0.25, -0.2) is 0 Å². The Balaban J connectivity index is 2.06. The van der Waals surface area contributed by atoms with Gasteiger partial charge >= 0.3 is 0 Å². The van der Waals surface area contributed by atoms with Gasteiger partial charge in [0, 0.05) is 5.56 Å². The van der Waals surface area contributed by atoms with Gasteiger partial charge in [0.25, 0.3) is 5.91 Å². The van der Waals surface area contributed by atoms with Crippen molar-refractivity contribution in [3.8, 4) is 5.75 Å². The molecule has 0 aliphatic carbocycles. The fraction of sp³-hybridized carbons (Fsp3) is 0.250. The molecule has 120 valence electrons. The number of ether oxygens (including phenoxy) is 1. The van der Waals surface area contributed by atoms with E-state index in [1.54, 1.807) is 30.3 Å². The number of carbonyl (C=O) groups is 1. The molecule has 1 amide bonds. The lowest BCUT2D eigenvalue weighted by Gasteiger charge is -2.17. The van der Waals surface area contributed by atoms with Gasteiger partial charge in [0.2, 0.25) is 0 Å². The largest absolute Gasteiger partial charge is 0.490 e. The Morgan fingerprint density at radius 3 is 2.57 bits per heavy atom. The third-order valence-corrected chi connectivity index (χ3v) is 3.73. The average Bonchev–Trinajstić information content (AvgIpc) is 2.55. The Hall–Kier alpha value is -2.55. The molecule has 1 atom stereocenters. The van der Waals surface area contributed by atoms with Gasteiger partial charge in [-0.2, -0.15) is 0 Å². The lowest BCUT2D eigenvalue weighted by molar-refractivity contribution is 0.0940. The fourth-order valence-corrected chi connectivity index (χ4v) is 2.44. The Kier molecular flexibility index (Phi) is 5.58. The highest BCUT2D eigenvalue weighted by Crippen LogP contribution is 2.20. The maximum Gasteiger partial charge on any atom is 0.251 e. The zero-order valence-corrected chi connectivity index (χ0v) is 13.9. The van der Waals surface area contributed by atoms with Crippen LogP contribution in [0.1, 0.15) is 40.0 Å². The summed E-state index contributed by atoms with van der Waals surface area (Å²) in [4.78, 5) is 12.4. The Labute approximate surface area is 138 Å². The highest BCUT2D eigenvalue weighted by atomic mass is 16.5. The van der Waals surface area contributed by atoms with E-state index in [0.29, 0.717) is 12.2 Å². The van der Waals surface area contributed by atoms with Gasteiger partial charge in [0.05, 0.1) is 6.04 Å². The topological polar surface area (TPSA) is 38.3 Å². The van der Waals surface area contributed by atoms with Gasteiger partial charge in [-0.3, -0.25) is 4.79 Å². The van der Waals surface area contributed by atoms with Crippen molar-refractivity contribution in [2.45, 2.75) is 26.8 Å². The summed E-state index contributed by atoms with van der Waals surface area (Å²) in [5.41, 5.74) is 4.13. The van der Waals surface area contributed by atoms with E-state index in [1.165, 1.54) is 11.1 Å². The van der Waals surface area contributed by atoms with Crippen molar-refractivity contribution >= 4 is 5.91 Å². The first kappa shape index (κ1) is 16.8. The fourth-order valence-electron chi connectivity index (χ4n) is 2.44. The first-order chi connectivity index (χ1) is 11.0. The molecule has 0 aliphatic rings. The maximum atomic E-state index is 12.4.